The van der Waals surface area contributed by atoms with Crippen LogP contribution < -0.4 is 5.32 Å². The molecule has 2 aromatic heterocycles. The van der Waals surface area contributed by atoms with Gasteiger partial charge in [-0.15, -0.1) is 0 Å². The van der Waals surface area contributed by atoms with Crippen LogP contribution >= 0.6 is 0 Å². The number of ether oxygens (including phenoxy) is 1. The third-order valence-corrected chi connectivity index (χ3v) is 4.12. The van der Waals surface area contributed by atoms with Crippen LogP contribution in [0.4, 0.5) is 4.79 Å². The molecule has 124 valence electrons. The van der Waals surface area contributed by atoms with E-state index in [4.69, 9.17) is 4.74 Å². The first-order valence-corrected chi connectivity index (χ1v) is 8.13. The fourth-order valence-corrected chi connectivity index (χ4v) is 2.85. The van der Waals surface area contributed by atoms with Gasteiger partial charge < -0.3 is 19.5 Å². The van der Waals surface area contributed by atoms with Gasteiger partial charge in [0.1, 0.15) is 11.3 Å². The molecular formula is C16H23N5O2. The van der Waals surface area contributed by atoms with E-state index in [9.17, 15) is 4.79 Å². The molecule has 0 unspecified atom stereocenters. The van der Waals surface area contributed by atoms with Crippen molar-refractivity contribution in [3.63, 3.8) is 0 Å². The highest BCUT2D eigenvalue weighted by molar-refractivity contribution is 5.74. The standard InChI is InChI=1S/C16H23N5O2/c1-13-19-14-12-17-6-4-15(14)21(13)7-3-2-5-18-16(22)20-8-10-23-11-9-20/h4,6,12H,2-3,5,7-11H2,1H3,(H,18,22). The lowest BCUT2D eigenvalue weighted by molar-refractivity contribution is 0.0532. The van der Waals surface area contributed by atoms with E-state index in [1.54, 1.807) is 12.4 Å². The van der Waals surface area contributed by atoms with Gasteiger partial charge in [-0.2, -0.15) is 0 Å². The number of hydrogen-bond acceptors (Lipinski definition) is 4. The van der Waals surface area contributed by atoms with Crippen LogP contribution in [0.2, 0.25) is 0 Å². The number of aryl methyl sites for hydroxylation is 2. The Hall–Kier alpha value is -2.15. The second-order valence-corrected chi connectivity index (χ2v) is 5.71. The van der Waals surface area contributed by atoms with Crippen molar-refractivity contribution in [3.8, 4) is 0 Å². The van der Waals surface area contributed by atoms with E-state index < -0.39 is 0 Å². The van der Waals surface area contributed by atoms with E-state index in [2.05, 4.69) is 19.9 Å². The number of carbonyl (C=O) groups is 1. The van der Waals surface area contributed by atoms with E-state index in [-0.39, 0.29) is 6.03 Å². The van der Waals surface area contributed by atoms with Crippen LogP contribution in [0.15, 0.2) is 18.5 Å². The largest absolute Gasteiger partial charge is 0.378 e. The SMILES string of the molecule is Cc1nc2cnccc2n1CCCCNC(=O)N1CCOCC1. The third kappa shape index (κ3) is 3.79. The highest BCUT2D eigenvalue weighted by Gasteiger charge is 2.15. The van der Waals surface area contributed by atoms with Gasteiger partial charge in [0, 0.05) is 32.4 Å². The van der Waals surface area contributed by atoms with Crippen LogP contribution in [0.3, 0.4) is 0 Å². The molecule has 1 saturated heterocycles. The maximum atomic E-state index is 12.0. The summed E-state index contributed by atoms with van der Waals surface area (Å²) in [4.78, 5) is 22.4. The molecule has 7 heteroatoms. The van der Waals surface area contributed by atoms with E-state index >= 15 is 0 Å². The smallest absolute Gasteiger partial charge is 0.317 e. The van der Waals surface area contributed by atoms with Gasteiger partial charge in [0.25, 0.3) is 0 Å². The second-order valence-electron chi connectivity index (χ2n) is 5.71. The minimum absolute atomic E-state index is 0.0173. The van der Waals surface area contributed by atoms with E-state index in [0.717, 1.165) is 36.2 Å². The number of imidazole rings is 1. The Balaban J connectivity index is 1.42. The summed E-state index contributed by atoms with van der Waals surface area (Å²) < 4.78 is 7.45. The summed E-state index contributed by atoms with van der Waals surface area (Å²) in [5.41, 5.74) is 2.06. The average Bonchev–Trinajstić information content (AvgIpc) is 2.91. The van der Waals surface area contributed by atoms with Gasteiger partial charge in [-0.25, -0.2) is 9.78 Å². The Bertz CT molecular complexity index is 664. The summed E-state index contributed by atoms with van der Waals surface area (Å²) in [5.74, 6) is 1.00. The Morgan fingerprint density at radius 2 is 2.17 bits per heavy atom. The number of hydrogen-bond donors (Lipinski definition) is 1. The number of nitrogens with one attached hydrogen (secondary N) is 1. The van der Waals surface area contributed by atoms with Crippen molar-refractivity contribution in [1.29, 1.82) is 0 Å². The molecule has 0 spiro atoms. The van der Waals surface area contributed by atoms with E-state index in [0.29, 0.717) is 32.8 Å². The maximum Gasteiger partial charge on any atom is 0.317 e. The van der Waals surface area contributed by atoms with Crippen LogP contribution in [0.5, 0.6) is 0 Å². The third-order valence-electron chi connectivity index (χ3n) is 4.12. The lowest BCUT2D eigenvalue weighted by atomic mass is 10.3. The summed E-state index contributed by atoms with van der Waals surface area (Å²) >= 11 is 0. The molecule has 1 aliphatic heterocycles. The molecule has 23 heavy (non-hydrogen) atoms. The Labute approximate surface area is 135 Å². The quantitative estimate of drug-likeness (QED) is 0.850. The molecule has 1 aliphatic rings. The number of morpholine rings is 1. The lowest BCUT2D eigenvalue weighted by Crippen LogP contribution is -2.46. The molecule has 2 aromatic rings. The molecule has 0 radical (unpaired) electrons. The topological polar surface area (TPSA) is 72.3 Å². The lowest BCUT2D eigenvalue weighted by Gasteiger charge is -2.26. The summed E-state index contributed by atoms with van der Waals surface area (Å²) in [6, 6.07) is 2.01. The molecule has 3 rings (SSSR count). The van der Waals surface area contributed by atoms with Gasteiger partial charge >= 0.3 is 6.03 Å². The van der Waals surface area contributed by atoms with Crippen LogP contribution in [0.25, 0.3) is 11.0 Å². The summed E-state index contributed by atoms with van der Waals surface area (Å²) in [6.07, 6.45) is 5.53. The molecule has 2 amide bonds. The van der Waals surface area contributed by atoms with Crippen molar-refractivity contribution < 1.29 is 9.53 Å². The number of amides is 2. The number of fused-ring (bicyclic) bond motifs is 1. The molecule has 0 aliphatic carbocycles. The highest BCUT2D eigenvalue weighted by atomic mass is 16.5. The number of rotatable bonds is 5. The Morgan fingerprint density at radius 3 is 3.00 bits per heavy atom. The van der Waals surface area contributed by atoms with Crippen LogP contribution in [0.1, 0.15) is 18.7 Å². The molecule has 3 heterocycles. The van der Waals surface area contributed by atoms with Crippen LogP contribution in [-0.2, 0) is 11.3 Å². The van der Waals surface area contributed by atoms with Crippen molar-refractivity contribution >= 4 is 17.1 Å². The van der Waals surface area contributed by atoms with Gasteiger partial charge in [0.2, 0.25) is 0 Å². The summed E-state index contributed by atoms with van der Waals surface area (Å²) in [6.45, 7) is 6.24. The van der Waals surface area contributed by atoms with Gasteiger partial charge in [0.05, 0.1) is 24.9 Å². The van der Waals surface area contributed by atoms with E-state index in [1.165, 1.54) is 0 Å². The zero-order valence-electron chi connectivity index (χ0n) is 13.5. The first-order chi connectivity index (χ1) is 11.3. The first-order valence-electron chi connectivity index (χ1n) is 8.13. The predicted molar refractivity (Wildman–Crippen MR) is 87.3 cm³/mol. The van der Waals surface area contributed by atoms with Crippen LogP contribution in [-0.4, -0.2) is 58.3 Å². The van der Waals surface area contributed by atoms with Crippen molar-refractivity contribution in [1.82, 2.24) is 24.8 Å². The normalized spacial score (nSPS) is 15.1. The monoisotopic (exact) mass is 317 g/mol. The van der Waals surface area contributed by atoms with Crippen molar-refractivity contribution in [2.24, 2.45) is 0 Å². The maximum absolute atomic E-state index is 12.0. The number of unbranched alkanes of at least 4 members (excludes halogenated alkanes) is 1. The summed E-state index contributed by atoms with van der Waals surface area (Å²) in [5, 5.41) is 2.98. The molecule has 1 fully saturated rings. The van der Waals surface area contributed by atoms with Gasteiger partial charge in [-0.05, 0) is 25.8 Å². The number of carbonyl (C=O) groups excluding carboxylic acids is 1. The number of nitrogens with zero attached hydrogens (tertiary/aromatic N) is 4. The molecule has 7 nitrogen and oxygen atoms in total. The predicted octanol–water partition coefficient (Wildman–Crippen LogP) is 1.56. The molecule has 0 bridgehead atoms. The molecular weight excluding hydrogens is 294 g/mol. The van der Waals surface area contributed by atoms with E-state index in [1.807, 2.05) is 17.9 Å². The fourth-order valence-electron chi connectivity index (χ4n) is 2.85. The number of urea groups is 1. The van der Waals surface area contributed by atoms with Crippen molar-refractivity contribution in [2.45, 2.75) is 26.3 Å². The van der Waals surface area contributed by atoms with Gasteiger partial charge in [-0.1, -0.05) is 0 Å². The van der Waals surface area contributed by atoms with Gasteiger partial charge in [0.15, 0.2) is 0 Å². The summed E-state index contributed by atoms with van der Waals surface area (Å²) in [7, 11) is 0. The highest BCUT2D eigenvalue weighted by Crippen LogP contribution is 2.15. The van der Waals surface area contributed by atoms with Crippen molar-refractivity contribution in [3.05, 3.63) is 24.3 Å². The van der Waals surface area contributed by atoms with Crippen LogP contribution in [0, 0.1) is 6.92 Å². The minimum Gasteiger partial charge on any atom is -0.378 e. The number of aromatic nitrogens is 3. The van der Waals surface area contributed by atoms with Crippen molar-refractivity contribution in [2.75, 3.05) is 32.8 Å². The first kappa shape index (κ1) is 15.7. The molecule has 0 atom stereocenters. The minimum atomic E-state index is 0.0173. The van der Waals surface area contributed by atoms with Gasteiger partial charge in [-0.3, -0.25) is 4.98 Å². The Kier molecular flexibility index (Phi) is 5.07. The number of pyridine rings is 1. The average molecular weight is 317 g/mol. The second kappa shape index (κ2) is 7.41. The molecule has 1 N–H and O–H groups in total. The zero-order valence-corrected chi connectivity index (χ0v) is 13.5. The Morgan fingerprint density at radius 1 is 1.35 bits per heavy atom. The fraction of sp³-hybridized carbons (Fsp3) is 0.562. The zero-order chi connectivity index (χ0) is 16.1. The molecule has 0 aromatic carbocycles. The molecule has 0 saturated carbocycles.